The quantitative estimate of drug-likeness (QED) is 0.434. The van der Waals surface area contributed by atoms with Gasteiger partial charge in [0.2, 0.25) is 0 Å². The highest BCUT2D eigenvalue weighted by molar-refractivity contribution is 8.00. The van der Waals surface area contributed by atoms with Gasteiger partial charge in [-0.2, -0.15) is 0 Å². The van der Waals surface area contributed by atoms with Crippen molar-refractivity contribution in [3.8, 4) is 0 Å². The largest absolute Gasteiger partial charge is 0.461 e. The standard InChI is InChI=1S/C20H24O2S2/c1-16(2)13-20(21)22-17(14-23-18-9-5-3-6-10-18)15-24-19-11-7-4-8-12-19/h3-12,16-17H,13-15H2,1-2H3. The zero-order valence-corrected chi connectivity index (χ0v) is 15.8. The van der Waals surface area contributed by atoms with Gasteiger partial charge in [-0.05, 0) is 30.2 Å². The molecular weight excluding hydrogens is 336 g/mol. The topological polar surface area (TPSA) is 26.3 Å². The van der Waals surface area contributed by atoms with Crippen molar-refractivity contribution in [2.45, 2.75) is 36.2 Å². The van der Waals surface area contributed by atoms with E-state index in [2.05, 4.69) is 24.3 Å². The summed E-state index contributed by atoms with van der Waals surface area (Å²) in [5.74, 6) is 1.76. The molecule has 0 bridgehead atoms. The fourth-order valence-electron chi connectivity index (χ4n) is 2.10. The summed E-state index contributed by atoms with van der Waals surface area (Å²) in [4.78, 5) is 14.4. The Hall–Kier alpha value is -1.39. The van der Waals surface area contributed by atoms with Crippen molar-refractivity contribution in [3.05, 3.63) is 60.7 Å². The van der Waals surface area contributed by atoms with Gasteiger partial charge in [-0.15, -0.1) is 23.5 Å². The SMILES string of the molecule is CC(C)CC(=O)OC(CSc1ccccc1)CSc1ccccc1. The van der Waals surface area contributed by atoms with Crippen LogP contribution >= 0.6 is 23.5 Å². The van der Waals surface area contributed by atoms with E-state index in [4.69, 9.17) is 4.74 Å². The Morgan fingerprint density at radius 1 is 0.875 bits per heavy atom. The minimum Gasteiger partial charge on any atom is -0.461 e. The summed E-state index contributed by atoms with van der Waals surface area (Å²) in [5, 5.41) is 0. The van der Waals surface area contributed by atoms with Crippen molar-refractivity contribution < 1.29 is 9.53 Å². The Labute approximate surface area is 153 Å². The number of esters is 1. The summed E-state index contributed by atoms with van der Waals surface area (Å²) in [6.45, 7) is 4.07. The summed E-state index contributed by atoms with van der Waals surface area (Å²) in [6.07, 6.45) is 0.384. The average molecular weight is 361 g/mol. The molecule has 0 saturated carbocycles. The van der Waals surface area contributed by atoms with Gasteiger partial charge in [0.1, 0.15) is 6.10 Å². The van der Waals surface area contributed by atoms with Crippen LogP contribution in [0.3, 0.4) is 0 Å². The van der Waals surface area contributed by atoms with Crippen LogP contribution in [0.15, 0.2) is 70.5 Å². The minimum absolute atomic E-state index is 0.0911. The number of hydrogen-bond donors (Lipinski definition) is 0. The summed E-state index contributed by atoms with van der Waals surface area (Å²) < 4.78 is 5.72. The van der Waals surface area contributed by atoms with Crippen LogP contribution in [0, 0.1) is 5.92 Å². The van der Waals surface area contributed by atoms with Gasteiger partial charge in [0.15, 0.2) is 0 Å². The first-order chi connectivity index (χ1) is 11.6. The second-order valence-corrected chi connectivity index (χ2v) is 8.14. The highest BCUT2D eigenvalue weighted by Gasteiger charge is 2.16. The van der Waals surface area contributed by atoms with Crippen molar-refractivity contribution in [2.24, 2.45) is 5.92 Å². The molecular formula is C20H24O2S2. The van der Waals surface area contributed by atoms with E-state index in [9.17, 15) is 4.79 Å². The predicted octanol–water partition coefficient (Wildman–Crippen LogP) is 5.53. The summed E-state index contributed by atoms with van der Waals surface area (Å²) in [6, 6.07) is 20.5. The lowest BCUT2D eigenvalue weighted by Crippen LogP contribution is -2.24. The maximum Gasteiger partial charge on any atom is 0.306 e. The molecule has 128 valence electrons. The average Bonchev–Trinajstić information content (AvgIpc) is 2.58. The Balaban J connectivity index is 1.90. The van der Waals surface area contributed by atoms with Crippen LogP contribution in [-0.4, -0.2) is 23.6 Å². The summed E-state index contributed by atoms with van der Waals surface area (Å²) in [7, 11) is 0. The van der Waals surface area contributed by atoms with Crippen LogP contribution in [0.4, 0.5) is 0 Å². The third-order valence-corrected chi connectivity index (χ3v) is 5.52. The van der Waals surface area contributed by atoms with Gasteiger partial charge >= 0.3 is 5.97 Å². The zero-order chi connectivity index (χ0) is 17.2. The fraction of sp³-hybridized carbons (Fsp3) is 0.350. The molecule has 0 radical (unpaired) electrons. The molecule has 0 N–H and O–H groups in total. The van der Waals surface area contributed by atoms with Gasteiger partial charge in [-0.25, -0.2) is 0 Å². The second kappa shape index (κ2) is 10.5. The molecule has 0 spiro atoms. The third kappa shape index (κ3) is 7.45. The van der Waals surface area contributed by atoms with Gasteiger partial charge < -0.3 is 4.74 Å². The molecule has 0 amide bonds. The molecule has 0 atom stereocenters. The van der Waals surface area contributed by atoms with Gasteiger partial charge in [-0.1, -0.05) is 50.2 Å². The summed E-state index contributed by atoms with van der Waals surface area (Å²) in [5.41, 5.74) is 0. The molecule has 2 aromatic rings. The number of ether oxygens (including phenoxy) is 1. The van der Waals surface area contributed by atoms with E-state index < -0.39 is 0 Å². The zero-order valence-electron chi connectivity index (χ0n) is 14.2. The van der Waals surface area contributed by atoms with E-state index in [0.29, 0.717) is 12.3 Å². The maximum atomic E-state index is 12.0. The van der Waals surface area contributed by atoms with Crippen LogP contribution in [0.2, 0.25) is 0 Å². The van der Waals surface area contributed by atoms with Crippen molar-refractivity contribution in [2.75, 3.05) is 11.5 Å². The van der Waals surface area contributed by atoms with Crippen LogP contribution in [0.1, 0.15) is 20.3 Å². The van der Waals surface area contributed by atoms with Crippen molar-refractivity contribution in [1.82, 2.24) is 0 Å². The normalized spacial score (nSPS) is 11.0. The highest BCUT2D eigenvalue weighted by atomic mass is 32.2. The summed E-state index contributed by atoms with van der Waals surface area (Å²) >= 11 is 3.47. The van der Waals surface area contributed by atoms with Gasteiger partial charge in [0, 0.05) is 27.7 Å². The highest BCUT2D eigenvalue weighted by Crippen LogP contribution is 2.24. The van der Waals surface area contributed by atoms with Crippen LogP contribution in [0.5, 0.6) is 0 Å². The monoisotopic (exact) mass is 360 g/mol. The van der Waals surface area contributed by atoms with Gasteiger partial charge in [-0.3, -0.25) is 4.79 Å². The number of benzene rings is 2. The Morgan fingerprint density at radius 3 is 1.75 bits per heavy atom. The van der Waals surface area contributed by atoms with Crippen molar-refractivity contribution in [3.63, 3.8) is 0 Å². The molecule has 24 heavy (non-hydrogen) atoms. The minimum atomic E-state index is -0.0997. The van der Waals surface area contributed by atoms with Gasteiger partial charge in [0.05, 0.1) is 0 Å². The van der Waals surface area contributed by atoms with E-state index in [1.165, 1.54) is 9.79 Å². The molecule has 0 heterocycles. The van der Waals surface area contributed by atoms with Crippen LogP contribution in [0.25, 0.3) is 0 Å². The van der Waals surface area contributed by atoms with E-state index in [-0.39, 0.29) is 12.1 Å². The molecule has 0 aliphatic rings. The van der Waals surface area contributed by atoms with Crippen molar-refractivity contribution in [1.29, 1.82) is 0 Å². The number of carbonyl (C=O) groups excluding carboxylic acids is 1. The van der Waals surface area contributed by atoms with Crippen LogP contribution in [-0.2, 0) is 9.53 Å². The molecule has 0 fully saturated rings. The second-order valence-electron chi connectivity index (χ2n) is 5.96. The molecule has 0 saturated heterocycles. The molecule has 2 rings (SSSR count). The molecule has 0 aliphatic carbocycles. The van der Waals surface area contributed by atoms with Crippen LogP contribution < -0.4 is 0 Å². The fourth-order valence-corrected chi connectivity index (χ4v) is 4.07. The van der Waals surface area contributed by atoms with E-state index in [0.717, 1.165) is 11.5 Å². The predicted molar refractivity (Wildman–Crippen MR) is 104 cm³/mol. The van der Waals surface area contributed by atoms with Gasteiger partial charge in [0.25, 0.3) is 0 Å². The maximum absolute atomic E-state index is 12.0. The lowest BCUT2D eigenvalue weighted by Gasteiger charge is -2.18. The number of hydrogen-bond acceptors (Lipinski definition) is 4. The first-order valence-corrected chi connectivity index (χ1v) is 10.2. The molecule has 4 heteroatoms. The Bertz CT molecular complexity index is 556. The molecule has 0 aromatic heterocycles. The third-order valence-electron chi connectivity index (χ3n) is 3.23. The molecule has 0 aliphatic heterocycles. The lowest BCUT2D eigenvalue weighted by atomic mass is 10.1. The molecule has 0 unspecified atom stereocenters. The van der Waals surface area contributed by atoms with E-state index in [1.807, 2.05) is 50.2 Å². The Morgan fingerprint density at radius 2 is 1.33 bits per heavy atom. The molecule has 2 aromatic carbocycles. The van der Waals surface area contributed by atoms with Crippen molar-refractivity contribution >= 4 is 29.5 Å². The Kier molecular flexibility index (Phi) is 8.26. The number of carbonyl (C=O) groups is 1. The number of rotatable bonds is 9. The first-order valence-electron chi connectivity index (χ1n) is 8.18. The van der Waals surface area contributed by atoms with E-state index in [1.54, 1.807) is 23.5 Å². The lowest BCUT2D eigenvalue weighted by molar-refractivity contribution is -0.147. The molecule has 2 nitrogen and oxygen atoms in total. The smallest absolute Gasteiger partial charge is 0.306 e. The number of thioether (sulfide) groups is 2. The first kappa shape index (κ1) is 18.9. The van der Waals surface area contributed by atoms with E-state index >= 15 is 0 Å².